The van der Waals surface area contributed by atoms with Crippen LogP contribution in [-0.4, -0.2) is 30.1 Å². The Hall–Kier alpha value is -0.710. The number of hydrogen-bond acceptors (Lipinski definition) is 2. The molecule has 0 spiro atoms. The molecule has 0 unspecified atom stereocenters. The van der Waals surface area contributed by atoms with Crippen LogP contribution in [-0.2, 0) is 6.54 Å². The lowest BCUT2D eigenvalue weighted by Crippen LogP contribution is -2.43. The molecule has 1 aromatic rings. The number of hydrogen-bond donors (Lipinski definition) is 2. The first-order valence-electron chi connectivity index (χ1n) is 7.11. The average molecular weight is 479 g/mol. The van der Waals surface area contributed by atoms with Gasteiger partial charge in [-0.3, -0.25) is 0 Å². The summed E-state index contributed by atoms with van der Waals surface area (Å²) in [6.45, 7) is 6.46. The van der Waals surface area contributed by atoms with Crippen molar-refractivity contribution in [1.29, 1.82) is 0 Å². The summed E-state index contributed by atoms with van der Waals surface area (Å²) in [6, 6.07) is 0.183. The molecule has 3 nitrogen and oxygen atoms in total. The zero-order chi connectivity index (χ0) is 17.6. The minimum atomic E-state index is -1.43. The van der Waals surface area contributed by atoms with Crippen LogP contribution in [0.25, 0.3) is 0 Å². The maximum atomic E-state index is 13.6. The van der Waals surface area contributed by atoms with E-state index in [0.29, 0.717) is 19.0 Å². The van der Waals surface area contributed by atoms with Gasteiger partial charge < -0.3 is 10.6 Å². The molecule has 0 amide bonds. The Morgan fingerprint density at radius 2 is 1.67 bits per heavy atom. The first kappa shape index (κ1) is 23.3. The number of rotatable bonds is 6. The minimum absolute atomic E-state index is 0. The number of aliphatic imine (C=N–C) groups is 1. The number of thioether (sulfide) groups is 1. The second-order valence-corrected chi connectivity index (χ2v) is 6.97. The van der Waals surface area contributed by atoms with E-state index in [-0.39, 0.29) is 34.8 Å². The first-order chi connectivity index (χ1) is 10.7. The van der Waals surface area contributed by atoms with Crippen LogP contribution in [0.15, 0.2) is 11.1 Å². The Labute approximate surface area is 161 Å². The monoisotopic (exact) mass is 479 g/mol. The highest BCUT2D eigenvalue weighted by Gasteiger charge is 2.19. The quantitative estimate of drug-likeness (QED) is 0.213. The van der Waals surface area contributed by atoms with Crippen LogP contribution in [0, 0.1) is 23.3 Å². The molecular formula is C15H22F4IN3S. The molecule has 0 atom stereocenters. The second-order valence-electron chi connectivity index (χ2n) is 5.46. The van der Waals surface area contributed by atoms with Crippen LogP contribution >= 0.6 is 35.7 Å². The Bertz CT molecular complexity index is 556. The van der Waals surface area contributed by atoms with Crippen molar-refractivity contribution in [1.82, 2.24) is 10.6 Å². The number of halogens is 5. The number of nitrogens with one attached hydrogen (secondary N) is 2. The SMILES string of the molecule is CCNC(=NCc1c(F)c(F)cc(F)c1F)NCC(C)(C)SC.I. The van der Waals surface area contributed by atoms with E-state index < -0.39 is 35.4 Å². The van der Waals surface area contributed by atoms with Gasteiger partial charge in [0.05, 0.1) is 12.1 Å². The molecule has 138 valence electrons. The molecule has 2 N–H and O–H groups in total. The van der Waals surface area contributed by atoms with Gasteiger partial charge in [-0.05, 0) is 27.0 Å². The van der Waals surface area contributed by atoms with Gasteiger partial charge in [0.15, 0.2) is 29.2 Å². The van der Waals surface area contributed by atoms with E-state index in [1.54, 1.807) is 11.8 Å². The molecule has 0 aliphatic rings. The highest BCUT2D eigenvalue weighted by atomic mass is 127. The summed E-state index contributed by atoms with van der Waals surface area (Å²) in [5.41, 5.74) is -0.733. The van der Waals surface area contributed by atoms with Crippen molar-refractivity contribution in [3.63, 3.8) is 0 Å². The molecule has 0 fully saturated rings. The predicted octanol–water partition coefficient (Wildman–Crippen LogP) is 4.06. The number of guanidine groups is 1. The third kappa shape index (κ3) is 6.66. The lowest BCUT2D eigenvalue weighted by molar-refractivity contribution is 0.439. The van der Waals surface area contributed by atoms with Gasteiger partial charge in [0.25, 0.3) is 0 Å². The van der Waals surface area contributed by atoms with Crippen molar-refractivity contribution in [2.24, 2.45) is 4.99 Å². The summed E-state index contributed by atoms with van der Waals surface area (Å²) < 4.78 is 53.5. The lowest BCUT2D eigenvalue weighted by atomic mass is 10.2. The summed E-state index contributed by atoms with van der Waals surface area (Å²) in [5, 5.41) is 5.95. The summed E-state index contributed by atoms with van der Waals surface area (Å²) >= 11 is 1.65. The predicted molar refractivity (Wildman–Crippen MR) is 102 cm³/mol. The fourth-order valence-corrected chi connectivity index (χ4v) is 1.85. The lowest BCUT2D eigenvalue weighted by Gasteiger charge is -2.23. The third-order valence-electron chi connectivity index (χ3n) is 3.18. The summed E-state index contributed by atoms with van der Waals surface area (Å²) in [6.07, 6.45) is 1.96. The average Bonchev–Trinajstić information content (AvgIpc) is 2.50. The fourth-order valence-electron chi connectivity index (χ4n) is 1.63. The van der Waals surface area contributed by atoms with Crippen molar-refractivity contribution in [2.75, 3.05) is 19.3 Å². The van der Waals surface area contributed by atoms with Gasteiger partial charge in [-0.25, -0.2) is 22.6 Å². The van der Waals surface area contributed by atoms with Crippen LogP contribution < -0.4 is 10.6 Å². The molecule has 9 heteroatoms. The molecular weight excluding hydrogens is 457 g/mol. The maximum absolute atomic E-state index is 13.6. The van der Waals surface area contributed by atoms with Crippen molar-refractivity contribution < 1.29 is 17.6 Å². The van der Waals surface area contributed by atoms with Gasteiger partial charge in [0.2, 0.25) is 0 Å². The van der Waals surface area contributed by atoms with Crippen LogP contribution in [0.4, 0.5) is 17.6 Å². The van der Waals surface area contributed by atoms with E-state index in [9.17, 15) is 17.6 Å². The number of nitrogens with zero attached hydrogens (tertiary/aromatic N) is 1. The third-order valence-corrected chi connectivity index (χ3v) is 4.43. The summed E-state index contributed by atoms with van der Waals surface area (Å²) in [5.74, 6) is -5.40. The van der Waals surface area contributed by atoms with E-state index in [4.69, 9.17) is 0 Å². The fraction of sp³-hybridized carbons (Fsp3) is 0.533. The van der Waals surface area contributed by atoms with Gasteiger partial charge in [0.1, 0.15) is 0 Å². The van der Waals surface area contributed by atoms with Crippen LogP contribution in [0.2, 0.25) is 0 Å². The minimum Gasteiger partial charge on any atom is -0.357 e. The van der Waals surface area contributed by atoms with Gasteiger partial charge in [-0.15, -0.1) is 24.0 Å². The van der Waals surface area contributed by atoms with Gasteiger partial charge in [-0.1, -0.05) is 0 Å². The van der Waals surface area contributed by atoms with E-state index in [1.165, 1.54) is 0 Å². The topological polar surface area (TPSA) is 36.4 Å². The van der Waals surface area contributed by atoms with Crippen molar-refractivity contribution in [3.05, 3.63) is 34.9 Å². The molecule has 0 aliphatic heterocycles. The second kappa shape index (κ2) is 10.3. The molecule has 1 aromatic carbocycles. The standard InChI is InChI=1S/C15H21F4N3S.HI/c1-5-20-14(22-8-15(2,3)23-4)21-7-9-12(18)10(16)6-11(17)13(9)19;/h6H,5,7-8H2,1-4H3,(H2,20,21,22);1H. The van der Waals surface area contributed by atoms with Gasteiger partial charge in [0, 0.05) is 23.9 Å². The van der Waals surface area contributed by atoms with Gasteiger partial charge in [-0.2, -0.15) is 11.8 Å². The van der Waals surface area contributed by atoms with Crippen LogP contribution in [0.1, 0.15) is 26.3 Å². The van der Waals surface area contributed by atoms with Crippen LogP contribution in [0.3, 0.4) is 0 Å². The smallest absolute Gasteiger partial charge is 0.191 e. The zero-order valence-corrected chi connectivity index (χ0v) is 17.1. The van der Waals surface area contributed by atoms with Crippen molar-refractivity contribution in [2.45, 2.75) is 32.1 Å². The zero-order valence-electron chi connectivity index (χ0n) is 14.0. The maximum Gasteiger partial charge on any atom is 0.191 e. The molecule has 0 heterocycles. The highest BCUT2D eigenvalue weighted by Crippen LogP contribution is 2.21. The molecule has 0 saturated carbocycles. The Morgan fingerprint density at radius 3 is 2.12 bits per heavy atom. The first-order valence-corrected chi connectivity index (χ1v) is 8.33. The highest BCUT2D eigenvalue weighted by molar-refractivity contribution is 14.0. The van der Waals surface area contributed by atoms with E-state index in [2.05, 4.69) is 15.6 Å². The largest absolute Gasteiger partial charge is 0.357 e. The Balaban J connectivity index is 0.00000529. The molecule has 24 heavy (non-hydrogen) atoms. The van der Waals surface area contributed by atoms with Crippen molar-refractivity contribution in [3.8, 4) is 0 Å². The summed E-state index contributed by atoms with van der Waals surface area (Å²) in [7, 11) is 0. The molecule has 1 rings (SSSR count). The Kier molecular flexibility index (Phi) is 10.0. The molecule has 0 radical (unpaired) electrons. The van der Waals surface area contributed by atoms with E-state index in [0.717, 1.165) is 0 Å². The van der Waals surface area contributed by atoms with Gasteiger partial charge >= 0.3 is 0 Å². The molecule has 0 bridgehead atoms. The number of benzene rings is 1. The molecule has 0 saturated heterocycles. The van der Waals surface area contributed by atoms with Crippen molar-refractivity contribution >= 4 is 41.7 Å². The van der Waals surface area contributed by atoms with E-state index in [1.807, 2.05) is 27.0 Å². The normalized spacial score (nSPS) is 11.9. The van der Waals surface area contributed by atoms with E-state index >= 15 is 0 Å². The molecule has 0 aliphatic carbocycles. The van der Waals surface area contributed by atoms with Crippen LogP contribution in [0.5, 0.6) is 0 Å². The Morgan fingerprint density at radius 1 is 1.12 bits per heavy atom. The summed E-state index contributed by atoms with van der Waals surface area (Å²) in [4.78, 5) is 4.00. The molecule has 0 aromatic heterocycles.